The van der Waals surface area contributed by atoms with E-state index in [1.165, 1.54) is 6.92 Å². The number of carbonyl (C=O) groups is 4. The molecule has 0 unspecified atom stereocenters. The van der Waals surface area contributed by atoms with Crippen molar-refractivity contribution in [3.05, 3.63) is 53.6 Å². The highest BCUT2D eigenvalue weighted by molar-refractivity contribution is 6.04. The third-order valence-electron chi connectivity index (χ3n) is 5.68. The summed E-state index contributed by atoms with van der Waals surface area (Å²) < 4.78 is 0. The lowest BCUT2D eigenvalue weighted by Gasteiger charge is -2.19. The molecule has 7 nitrogen and oxygen atoms in total. The van der Waals surface area contributed by atoms with Crippen LogP contribution in [0, 0.1) is 5.92 Å². The van der Waals surface area contributed by atoms with Crippen molar-refractivity contribution in [2.24, 2.45) is 5.92 Å². The number of hydrogen-bond acceptors (Lipinski definition) is 4. The second-order valence-corrected chi connectivity index (χ2v) is 7.77. The Balaban J connectivity index is 1.47. The fourth-order valence-corrected chi connectivity index (χ4v) is 4.08. The second kappa shape index (κ2) is 7.74. The highest BCUT2D eigenvalue weighted by Gasteiger charge is 2.36. The van der Waals surface area contributed by atoms with Gasteiger partial charge in [-0.2, -0.15) is 0 Å². The van der Waals surface area contributed by atoms with Crippen molar-refractivity contribution in [1.82, 2.24) is 0 Å². The number of carbonyl (C=O) groups excluding carboxylic acids is 4. The summed E-state index contributed by atoms with van der Waals surface area (Å²) in [6.07, 6.45) is 0.885. The van der Waals surface area contributed by atoms with Gasteiger partial charge in [-0.1, -0.05) is 12.1 Å². The lowest BCUT2D eigenvalue weighted by Crippen LogP contribution is -2.28. The molecule has 0 bridgehead atoms. The molecule has 0 saturated carbocycles. The van der Waals surface area contributed by atoms with Gasteiger partial charge in [-0.3, -0.25) is 19.2 Å². The largest absolute Gasteiger partial charge is 0.326 e. The number of nitrogens with zero attached hydrogens (tertiary/aromatic N) is 2. The highest BCUT2D eigenvalue weighted by Crippen LogP contribution is 2.34. The van der Waals surface area contributed by atoms with E-state index in [1.807, 2.05) is 18.2 Å². The Morgan fingerprint density at radius 3 is 2.60 bits per heavy atom. The average molecular weight is 405 g/mol. The SMILES string of the molecule is CC(=O)c1cccc(NC(=O)[C@H]2CC(=O)N(c3ccc4c(c3)CCN4C(C)=O)C2)c1. The van der Waals surface area contributed by atoms with E-state index in [9.17, 15) is 19.2 Å². The normalized spacial score (nSPS) is 17.8. The molecule has 0 radical (unpaired) electrons. The van der Waals surface area contributed by atoms with Gasteiger partial charge in [0, 0.05) is 49.1 Å². The van der Waals surface area contributed by atoms with Gasteiger partial charge in [0.1, 0.15) is 0 Å². The molecule has 2 aromatic carbocycles. The van der Waals surface area contributed by atoms with Gasteiger partial charge in [-0.25, -0.2) is 0 Å². The first kappa shape index (κ1) is 19.8. The topological polar surface area (TPSA) is 86.8 Å². The van der Waals surface area contributed by atoms with Crippen LogP contribution in [0.5, 0.6) is 0 Å². The van der Waals surface area contributed by atoms with E-state index in [0.29, 0.717) is 24.3 Å². The third kappa shape index (κ3) is 3.70. The van der Waals surface area contributed by atoms with Crippen LogP contribution in [0.25, 0.3) is 0 Å². The zero-order valence-electron chi connectivity index (χ0n) is 17.0. The molecular formula is C23H23N3O4. The number of Topliss-reactive ketones (excluding diaryl/α,β-unsaturated/α-hetero) is 1. The number of rotatable bonds is 4. The molecular weight excluding hydrogens is 382 g/mol. The van der Waals surface area contributed by atoms with Gasteiger partial charge < -0.3 is 15.1 Å². The number of hydrogen-bond donors (Lipinski definition) is 1. The molecule has 1 saturated heterocycles. The van der Waals surface area contributed by atoms with Crippen molar-refractivity contribution < 1.29 is 19.2 Å². The summed E-state index contributed by atoms with van der Waals surface area (Å²) in [4.78, 5) is 51.9. The number of fused-ring (bicyclic) bond motifs is 1. The van der Waals surface area contributed by atoms with Gasteiger partial charge in [0.2, 0.25) is 17.7 Å². The molecule has 154 valence electrons. The fourth-order valence-electron chi connectivity index (χ4n) is 4.08. The van der Waals surface area contributed by atoms with Crippen LogP contribution < -0.4 is 15.1 Å². The van der Waals surface area contributed by atoms with E-state index in [4.69, 9.17) is 0 Å². The molecule has 0 aliphatic carbocycles. The fraction of sp³-hybridized carbons (Fsp3) is 0.304. The Hall–Kier alpha value is -3.48. The zero-order chi connectivity index (χ0) is 21.4. The van der Waals surface area contributed by atoms with Crippen LogP contribution in [0.1, 0.15) is 36.2 Å². The van der Waals surface area contributed by atoms with Gasteiger partial charge in [0.15, 0.2) is 5.78 Å². The molecule has 3 amide bonds. The lowest BCUT2D eigenvalue weighted by molar-refractivity contribution is -0.122. The monoisotopic (exact) mass is 405 g/mol. The molecule has 1 N–H and O–H groups in total. The van der Waals surface area contributed by atoms with Crippen LogP contribution in [-0.4, -0.2) is 36.6 Å². The predicted octanol–water partition coefficient (Wildman–Crippen LogP) is 2.79. The maximum atomic E-state index is 12.7. The first-order valence-corrected chi connectivity index (χ1v) is 9.97. The number of benzene rings is 2. The summed E-state index contributed by atoms with van der Waals surface area (Å²) >= 11 is 0. The van der Waals surface area contributed by atoms with Crippen molar-refractivity contribution in [3.63, 3.8) is 0 Å². The number of amides is 3. The molecule has 0 aromatic heterocycles. The van der Waals surface area contributed by atoms with Crippen LogP contribution in [0.4, 0.5) is 17.1 Å². The number of nitrogens with one attached hydrogen (secondary N) is 1. The molecule has 2 aliphatic heterocycles. The van der Waals surface area contributed by atoms with Gasteiger partial charge in [-0.15, -0.1) is 0 Å². The van der Waals surface area contributed by atoms with E-state index >= 15 is 0 Å². The van der Waals surface area contributed by atoms with E-state index in [2.05, 4.69) is 5.32 Å². The third-order valence-corrected chi connectivity index (χ3v) is 5.68. The molecule has 4 rings (SSSR count). The summed E-state index contributed by atoms with van der Waals surface area (Å²) in [5, 5.41) is 2.82. The summed E-state index contributed by atoms with van der Waals surface area (Å²) in [6.45, 7) is 3.96. The Kier molecular flexibility index (Phi) is 5.11. The average Bonchev–Trinajstić information content (AvgIpc) is 3.31. The predicted molar refractivity (Wildman–Crippen MR) is 114 cm³/mol. The molecule has 2 heterocycles. The van der Waals surface area contributed by atoms with Gasteiger partial charge in [0.25, 0.3) is 0 Å². The van der Waals surface area contributed by atoms with Crippen LogP contribution in [0.2, 0.25) is 0 Å². The Morgan fingerprint density at radius 1 is 1.07 bits per heavy atom. The molecule has 1 atom stereocenters. The van der Waals surface area contributed by atoms with Gasteiger partial charge in [-0.05, 0) is 49.2 Å². The molecule has 1 fully saturated rings. The maximum absolute atomic E-state index is 12.7. The summed E-state index contributed by atoms with van der Waals surface area (Å²) in [5.74, 6) is -0.887. The Labute approximate surface area is 174 Å². The molecule has 7 heteroatoms. The highest BCUT2D eigenvalue weighted by atomic mass is 16.2. The van der Waals surface area contributed by atoms with Crippen molar-refractivity contribution >= 4 is 40.6 Å². The maximum Gasteiger partial charge on any atom is 0.229 e. The lowest BCUT2D eigenvalue weighted by atomic mass is 10.1. The first-order chi connectivity index (χ1) is 14.3. The molecule has 30 heavy (non-hydrogen) atoms. The summed E-state index contributed by atoms with van der Waals surface area (Å²) in [7, 11) is 0. The van der Waals surface area contributed by atoms with Crippen molar-refractivity contribution in [2.45, 2.75) is 26.7 Å². The quantitative estimate of drug-likeness (QED) is 0.793. The van der Waals surface area contributed by atoms with E-state index < -0.39 is 5.92 Å². The first-order valence-electron chi connectivity index (χ1n) is 9.97. The number of anilines is 3. The molecule has 2 aliphatic rings. The van der Waals surface area contributed by atoms with Crippen LogP contribution in [0.15, 0.2) is 42.5 Å². The van der Waals surface area contributed by atoms with Gasteiger partial charge in [0.05, 0.1) is 5.92 Å². The standard InChI is InChI=1S/C23H23N3O4/c1-14(27)16-4-3-5-19(10-16)24-23(30)18-12-22(29)26(13-18)20-6-7-21-17(11-20)8-9-25(21)15(2)28/h3-7,10-11,18H,8-9,12-13H2,1-2H3,(H,24,30)/t18-/m0/s1. The summed E-state index contributed by atoms with van der Waals surface area (Å²) in [6, 6.07) is 12.4. The van der Waals surface area contributed by atoms with Crippen LogP contribution in [-0.2, 0) is 20.8 Å². The molecule has 0 spiro atoms. The second-order valence-electron chi connectivity index (χ2n) is 7.77. The van der Waals surface area contributed by atoms with Crippen LogP contribution in [0.3, 0.4) is 0 Å². The Bertz CT molecular complexity index is 1060. The minimum Gasteiger partial charge on any atom is -0.326 e. The van der Waals surface area contributed by atoms with Crippen molar-refractivity contribution in [1.29, 1.82) is 0 Å². The number of ketones is 1. The summed E-state index contributed by atoms with van der Waals surface area (Å²) in [5.41, 5.74) is 3.73. The van der Waals surface area contributed by atoms with Crippen molar-refractivity contribution in [2.75, 3.05) is 28.2 Å². The minimum atomic E-state index is -0.472. The smallest absolute Gasteiger partial charge is 0.229 e. The zero-order valence-corrected chi connectivity index (χ0v) is 17.0. The Morgan fingerprint density at radius 2 is 1.87 bits per heavy atom. The van der Waals surface area contributed by atoms with Gasteiger partial charge >= 0.3 is 0 Å². The van der Waals surface area contributed by atoms with Crippen molar-refractivity contribution in [3.8, 4) is 0 Å². The van der Waals surface area contributed by atoms with E-state index in [1.54, 1.807) is 41.0 Å². The minimum absolute atomic E-state index is 0.00401. The van der Waals surface area contributed by atoms with Crippen LogP contribution >= 0.6 is 0 Å². The van der Waals surface area contributed by atoms with E-state index in [-0.39, 0.29) is 29.9 Å². The van der Waals surface area contributed by atoms with E-state index in [0.717, 1.165) is 23.4 Å². The molecule has 2 aromatic rings.